The van der Waals surface area contributed by atoms with E-state index in [-0.39, 0.29) is 12.5 Å². The van der Waals surface area contributed by atoms with Crippen molar-refractivity contribution in [3.05, 3.63) is 59.2 Å². The lowest BCUT2D eigenvalue weighted by atomic mass is 10.0. The molecule has 0 bridgehead atoms. The van der Waals surface area contributed by atoms with Crippen molar-refractivity contribution < 1.29 is 19.1 Å². The molecule has 0 aromatic heterocycles. The SMILES string of the molecule is CCc1cccc(CC)c1NC(=O)COC(=O)c1cccc(OCC(C)C)c1. The molecule has 0 fully saturated rings. The second-order valence-electron chi connectivity index (χ2n) is 7.02. The van der Waals surface area contributed by atoms with Gasteiger partial charge in [0, 0.05) is 5.69 Å². The number of carbonyl (C=O) groups excluding carboxylic acids is 2. The van der Waals surface area contributed by atoms with Gasteiger partial charge in [0.2, 0.25) is 0 Å². The molecule has 0 unspecified atom stereocenters. The first-order valence-electron chi connectivity index (χ1n) is 9.75. The van der Waals surface area contributed by atoms with Gasteiger partial charge in [-0.2, -0.15) is 0 Å². The zero-order chi connectivity index (χ0) is 20.5. The molecule has 0 aliphatic carbocycles. The molecule has 0 spiro atoms. The van der Waals surface area contributed by atoms with Gasteiger partial charge in [0.1, 0.15) is 5.75 Å². The molecule has 5 nitrogen and oxygen atoms in total. The average molecular weight is 383 g/mol. The molecule has 2 rings (SSSR count). The largest absolute Gasteiger partial charge is 0.493 e. The molecule has 1 N–H and O–H groups in total. The molecule has 150 valence electrons. The van der Waals surface area contributed by atoms with Gasteiger partial charge in [0.25, 0.3) is 5.91 Å². The van der Waals surface area contributed by atoms with Gasteiger partial charge >= 0.3 is 5.97 Å². The fraction of sp³-hybridized carbons (Fsp3) is 0.391. The van der Waals surface area contributed by atoms with Gasteiger partial charge in [-0.25, -0.2) is 4.79 Å². The Hall–Kier alpha value is -2.82. The normalized spacial score (nSPS) is 10.6. The fourth-order valence-corrected chi connectivity index (χ4v) is 2.77. The van der Waals surface area contributed by atoms with Crippen molar-refractivity contribution in [2.45, 2.75) is 40.5 Å². The quantitative estimate of drug-likeness (QED) is 0.641. The number of benzene rings is 2. The topological polar surface area (TPSA) is 64.6 Å². The lowest BCUT2D eigenvalue weighted by Crippen LogP contribution is -2.22. The maximum atomic E-state index is 12.3. The van der Waals surface area contributed by atoms with Crippen molar-refractivity contribution in [2.24, 2.45) is 5.92 Å². The Morgan fingerprint density at radius 2 is 1.64 bits per heavy atom. The van der Waals surface area contributed by atoms with E-state index in [0.717, 1.165) is 29.7 Å². The van der Waals surface area contributed by atoms with Gasteiger partial charge in [-0.1, -0.05) is 52.0 Å². The van der Waals surface area contributed by atoms with E-state index < -0.39 is 5.97 Å². The Kier molecular flexibility index (Phi) is 8.05. The summed E-state index contributed by atoms with van der Waals surface area (Å²) in [5, 5.41) is 2.89. The summed E-state index contributed by atoms with van der Waals surface area (Å²) in [4.78, 5) is 24.6. The second kappa shape index (κ2) is 10.5. The number of esters is 1. The molecule has 0 saturated heterocycles. The first kappa shape index (κ1) is 21.5. The predicted octanol–water partition coefficient (Wildman–Crippen LogP) is 4.64. The highest BCUT2D eigenvalue weighted by Gasteiger charge is 2.14. The number of para-hydroxylation sites is 1. The minimum absolute atomic E-state index is 0.336. The van der Waals surface area contributed by atoms with Crippen LogP contribution in [0.15, 0.2) is 42.5 Å². The molecule has 28 heavy (non-hydrogen) atoms. The lowest BCUT2D eigenvalue weighted by Gasteiger charge is -2.14. The molecule has 0 atom stereocenters. The van der Waals surface area contributed by atoms with Crippen LogP contribution < -0.4 is 10.1 Å². The predicted molar refractivity (Wildman–Crippen MR) is 111 cm³/mol. The Balaban J connectivity index is 1.96. The standard InChI is InChI=1S/C23H29NO4/c1-5-17-9-7-10-18(6-2)22(17)24-21(25)15-28-23(26)19-11-8-12-20(13-19)27-14-16(3)4/h7-13,16H,5-6,14-15H2,1-4H3,(H,24,25). The van der Waals surface area contributed by atoms with E-state index in [2.05, 4.69) is 19.2 Å². The molecule has 0 heterocycles. The van der Waals surface area contributed by atoms with E-state index in [1.165, 1.54) is 0 Å². The molecular formula is C23H29NO4. The van der Waals surface area contributed by atoms with Gasteiger partial charge in [-0.05, 0) is 48.1 Å². The number of anilines is 1. The highest BCUT2D eigenvalue weighted by Crippen LogP contribution is 2.22. The third-order valence-electron chi connectivity index (χ3n) is 4.25. The Morgan fingerprint density at radius 1 is 1.00 bits per heavy atom. The number of amides is 1. The molecule has 1 amide bonds. The number of hydrogen-bond acceptors (Lipinski definition) is 4. The van der Waals surface area contributed by atoms with Crippen LogP contribution in [0.3, 0.4) is 0 Å². The zero-order valence-electron chi connectivity index (χ0n) is 17.1. The fourth-order valence-electron chi connectivity index (χ4n) is 2.77. The lowest BCUT2D eigenvalue weighted by molar-refractivity contribution is -0.119. The highest BCUT2D eigenvalue weighted by molar-refractivity contribution is 5.96. The van der Waals surface area contributed by atoms with Crippen molar-refractivity contribution in [1.82, 2.24) is 0 Å². The van der Waals surface area contributed by atoms with Crippen LogP contribution in [0.25, 0.3) is 0 Å². The summed E-state index contributed by atoms with van der Waals surface area (Å²) < 4.78 is 10.8. The third-order valence-corrected chi connectivity index (χ3v) is 4.25. The Morgan fingerprint density at radius 3 is 2.25 bits per heavy atom. The van der Waals surface area contributed by atoms with Crippen LogP contribution >= 0.6 is 0 Å². The number of ether oxygens (including phenoxy) is 2. The average Bonchev–Trinajstić information content (AvgIpc) is 2.70. The minimum atomic E-state index is -0.551. The van der Waals surface area contributed by atoms with Crippen LogP contribution in [0.2, 0.25) is 0 Å². The molecule has 0 aliphatic heterocycles. The molecule has 0 saturated carbocycles. The van der Waals surface area contributed by atoms with Crippen molar-refractivity contribution in [2.75, 3.05) is 18.5 Å². The van der Waals surface area contributed by atoms with Gasteiger partial charge in [0.15, 0.2) is 6.61 Å². The summed E-state index contributed by atoms with van der Waals surface area (Å²) in [5.41, 5.74) is 3.30. The summed E-state index contributed by atoms with van der Waals surface area (Å²) in [6.45, 7) is 8.42. The van der Waals surface area contributed by atoms with E-state index >= 15 is 0 Å². The number of carbonyl (C=O) groups is 2. The van der Waals surface area contributed by atoms with Crippen LogP contribution in [0.5, 0.6) is 5.75 Å². The summed E-state index contributed by atoms with van der Waals surface area (Å²) in [6.07, 6.45) is 1.62. The Labute approximate surface area is 167 Å². The van der Waals surface area contributed by atoms with Gasteiger partial charge in [-0.3, -0.25) is 4.79 Å². The molecule has 0 radical (unpaired) electrons. The number of rotatable bonds is 9. The number of nitrogens with one attached hydrogen (secondary N) is 1. The minimum Gasteiger partial charge on any atom is -0.493 e. The molecule has 2 aromatic carbocycles. The second-order valence-corrected chi connectivity index (χ2v) is 7.02. The van der Waals surface area contributed by atoms with Crippen molar-refractivity contribution in [3.8, 4) is 5.75 Å². The number of aryl methyl sites for hydroxylation is 2. The van der Waals surface area contributed by atoms with Crippen LogP contribution in [-0.4, -0.2) is 25.1 Å². The van der Waals surface area contributed by atoms with E-state index in [4.69, 9.17) is 9.47 Å². The summed E-state index contributed by atoms with van der Waals surface area (Å²) in [5.74, 6) is 0.0937. The molecular weight excluding hydrogens is 354 g/mol. The monoisotopic (exact) mass is 383 g/mol. The van der Waals surface area contributed by atoms with Crippen LogP contribution in [-0.2, 0) is 22.4 Å². The molecule has 0 aliphatic rings. The first-order chi connectivity index (χ1) is 13.4. The molecule has 5 heteroatoms. The van der Waals surface area contributed by atoms with Crippen LogP contribution in [0.1, 0.15) is 49.2 Å². The zero-order valence-corrected chi connectivity index (χ0v) is 17.1. The van der Waals surface area contributed by atoms with Gasteiger partial charge in [-0.15, -0.1) is 0 Å². The Bertz CT molecular complexity index is 792. The van der Waals surface area contributed by atoms with Crippen molar-refractivity contribution in [1.29, 1.82) is 0 Å². The van der Waals surface area contributed by atoms with E-state index in [9.17, 15) is 9.59 Å². The van der Waals surface area contributed by atoms with E-state index in [1.54, 1.807) is 24.3 Å². The molecule has 2 aromatic rings. The maximum Gasteiger partial charge on any atom is 0.338 e. The summed E-state index contributed by atoms with van der Waals surface area (Å²) in [7, 11) is 0. The van der Waals surface area contributed by atoms with Gasteiger partial charge < -0.3 is 14.8 Å². The van der Waals surface area contributed by atoms with E-state index in [0.29, 0.717) is 23.8 Å². The third kappa shape index (κ3) is 6.12. The van der Waals surface area contributed by atoms with E-state index in [1.807, 2.05) is 32.0 Å². The summed E-state index contributed by atoms with van der Waals surface area (Å²) in [6, 6.07) is 12.8. The first-order valence-corrected chi connectivity index (χ1v) is 9.75. The van der Waals surface area contributed by atoms with Crippen molar-refractivity contribution >= 4 is 17.6 Å². The van der Waals surface area contributed by atoms with Crippen molar-refractivity contribution in [3.63, 3.8) is 0 Å². The van der Waals surface area contributed by atoms with Crippen LogP contribution in [0.4, 0.5) is 5.69 Å². The number of hydrogen-bond donors (Lipinski definition) is 1. The van der Waals surface area contributed by atoms with Crippen LogP contribution in [0, 0.1) is 5.92 Å². The smallest absolute Gasteiger partial charge is 0.338 e. The highest BCUT2D eigenvalue weighted by atomic mass is 16.5. The summed E-state index contributed by atoms with van der Waals surface area (Å²) >= 11 is 0. The maximum absolute atomic E-state index is 12.3. The van der Waals surface area contributed by atoms with Gasteiger partial charge in [0.05, 0.1) is 12.2 Å².